The number of esters is 2. The maximum Gasteiger partial charge on any atom is 0.335 e. The molecule has 3 saturated heterocycles. The standard InChI is InChI=1S/C54H86O24/c1-21(2)45(70)78-42-43(71-22(3)58)54(20-57)24(17-49(42,4)5)23-11-12-28-51(8)15-14-29(50(6,7)27(51)13-16-52(28,9)53(23,10)40(66)41(54)67)74-48-39(77-47-35(64)33(62)31(60)26(19-56)73-47)37(36(65)38(76-48)44(68)69)75-46-34(63)32(61)30(59)25(18-55)72-46/h11,21,24-43,46-48,55-57,59-67H,12-20H2,1-10H3,(H,68,69)/t24-,25-,26-,27-,28-,29+,30-,31-,32+,33+,34-,35-,36+,37+,38+,39-,40+,41-,42+,43+,46+,47+,48-,51+,52-,53+,54+/m1/s1. The van der Waals surface area contributed by atoms with E-state index in [1.165, 1.54) is 6.92 Å². The zero-order valence-electron chi connectivity index (χ0n) is 46.1. The van der Waals surface area contributed by atoms with Crippen LogP contribution in [0.25, 0.3) is 0 Å². The van der Waals surface area contributed by atoms with E-state index in [0.717, 1.165) is 5.57 Å². The van der Waals surface area contributed by atoms with Gasteiger partial charge in [-0.05, 0) is 72.5 Å². The van der Waals surface area contributed by atoms with Gasteiger partial charge in [0.1, 0.15) is 73.2 Å². The number of carboxylic acid groups (broad SMARTS) is 1. The van der Waals surface area contributed by atoms with Gasteiger partial charge in [0.15, 0.2) is 31.1 Å². The molecule has 8 aliphatic rings. The average Bonchev–Trinajstić information content (AvgIpc) is 2.68. The molecule has 0 unspecified atom stereocenters. The summed E-state index contributed by atoms with van der Waals surface area (Å²) in [5.41, 5.74) is -4.87. The summed E-state index contributed by atoms with van der Waals surface area (Å²) in [4.78, 5) is 39.1. The zero-order valence-corrected chi connectivity index (χ0v) is 46.1. The molecule has 4 saturated carbocycles. The predicted octanol–water partition coefficient (Wildman–Crippen LogP) is -1.63. The van der Waals surface area contributed by atoms with Crippen LogP contribution in [-0.2, 0) is 52.3 Å². The molecule has 0 aromatic heterocycles. The number of carboxylic acids is 1. The summed E-state index contributed by atoms with van der Waals surface area (Å²) in [5.74, 6) is -4.45. The number of allylic oxidation sites excluding steroid dienone is 1. The molecule has 0 radical (unpaired) electrons. The molecule has 5 aliphatic carbocycles. The van der Waals surface area contributed by atoms with Crippen molar-refractivity contribution >= 4 is 17.9 Å². The Labute approximate surface area is 453 Å². The first-order valence-electron chi connectivity index (χ1n) is 27.5. The van der Waals surface area contributed by atoms with Gasteiger partial charge in [0.2, 0.25) is 0 Å². The molecule has 0 aromatic rings. The molecule has 3 aliphatic heterocycles. The van der Waals surface area contributed by atoms with Crippen molar-refractivity contribution in [2.24, 2.45) is 56.2 Å². The lowest BCUT2D eigenvalue weighted by Crippen LogP contribution is -2.76. The number of aliphatic carboxylic acids is 1. The Morgan fingerprint density at radius 3 is 1.73 bits per heavy atom. The normalized spacial score (nSPS) is 50.7. The third kappa shape index (κ3) is 9.49. The topological polar surface area (TPSA) is 388 Å². The van der Waals surface area contributed by atoms with Gasteiger partial charge in [0.25, 0.3) is 0 Å². The Bertz CT molecular complexity index is 2220. The van der Waals surface area contributed by atoms with Crippen LogP contribution in [0.3, 0.4) is 0 Å². The predicted molar refractivity (Wildman–Crippen MR) is 264 cm³/mol. The summed E-state index contributed by atoms with van der Waals surface area (Å²) >= 11 is 0. The van der Waals surface area contributed by atoms with Crippen molar-refractivity contribution in [1.29, 1.82) is 0 Å². The number of aliphatic hydroxyl groups is 12. The van der Waals surface area contributed by atoms with Gasteiger partial charge < -0.3 is 104 Å². The molecule has 3 heterocycles. The van der Waals surface area contributed by atoms with Crippen LogP contribution in [0.4, 0.5) is 0 Å². The largest absolute Gasteiger partial charge is 0.479 e. The second kappa shape index (κ2) is 21.9. The molecule has 0 aromatic carbocycles. The van der Waals surface area contributed by atoms with E-state index in [1.54, 1.807) is 13.8 Å². The molecule has 27 atom stereocenters. The van der Waals surface area contributed by atoms with Crippen LogP contribution >= 0.6 is 0 Å². The highest BCUT2D eigenvalue weighted by molar-refractivity contribution is 5.73. The van der Waals surface area contributed by atoms with E-state index >= 15 is 0 Å². The number of carbonyl (C=O) groups excluding carboxylic acids is 2. The number of ether oxygens (including phenoxy) is 8. The highest BCUT2D eigenvalue weighted by atomic mass is 16.8. The van der Waals surface area contributed by atoms with Crippen LogP contribution in [0.2, 0.25) is 0 Å². The highest BCUT2D eigenvalue weighted by Gasteiger charge is 2.76. The third-order valence-corrected chi connectivity index (χ3v) is 20.7. The number of hydrogen-bond acceptors (Lipinski definition) is 23. The molecular formula is C54H86O24. The first kappa shape index (κ1) is 61.5. The van der Waals surface area contributed by atoms with E-state index < -0.39 is 205 Å². The van der Waals surface area contributed by atoms with Crippen molar-refractivity contribution in [1.82, 2.24) is 0 Å². The minimum atomic E-state index is -2.19. The lowest BCUT2D eigenvalue weighted by Gasteiger charge is -2.73. The van der Waals surface area contributed by atoms with E-state index in [2.05, 4.69) is 19.9 Å². The zero-order chi connectivity index (χ0) is 57.9. The van der Waals surface area contributed by atoms with Gasteiger partial charge in [-0.25, -0.2) is 4.79 Å². The first-order chi connectivity index (χ1) is 36.3. The number of rotatable bonds is 13. The van der Waals surface area contributed by atoms with Crippen molar-refractivity contribution in [2.75, 3.05) is 19.8 Å². The fourth-order valence-corrected chi connectivity index (χ4v) is 16.2. The van der Waals surface area contributed by atoms with Crippen molar-refractivity contribution in [3.05, 3.63) is 11.6 Å². The molecule has 13 N–H and O–H groups in total. The average molecular weight is 1120 g/mol. The van der Waals surface area contributed by atoms with Crippen LogP contribution in [0, 0.1) is 56.2 Å². The Balaban J connectivity index is 1.13. The number of hydrogen-bond donors (Lipinski definition) is 13. The van der Waals surface area contributed by atoms with Gasteiger partial charge in [-0.15, -0.1) is 0 Å². The maximum atomic E-state index is 13.3. The summed E-state index contributed by atoms with van der Waals surface area (Å²) in [7, 11) is 0. The molecule has 0 bridgehead atoms. The molecule has 446 valence electrons. The van der Waals surface area contributed by atoms with Crippen LogP contribution in [0.5, 0.6) is 0 Å². The van der Waals surface area contributed by atoms with Crippen molar-refractivity contribution in [3.8, 4) is 0 Å². The fourth-order valence-electron chi connectivity index (χ4n) is 16.2. The van der Waals surface area contributed by atoms with Crippen LogP contribution in [0.15, 0.2) is 11.6 Å². The van der Waals surface area contributed by atoms with Crippen LogP contribution < -0.4 is 0 Å². The van der Waals surface area contributed by atoms with Gasteiger partial charge in [-0.3, -0.25) is 9.59 Å². The van der Waals surface area contributed by atoms with E-state index in [9.17, 15) is 80.8 Å². The van der Waals surface area contributed by atoms with Crippen molar-refractivity contribution < 1.29 is 119 Å². The van der Waals surface area contributed by atoms with E-state index in [0.29, 0.717) is 38.5 Å². The molecule has 24 nitrogen and oxygen atoms in total. The van der Waals surface area contributed by atoms with Gasteiger partial charge in [0, 0.05) is 17.8 Å². The van der Waals surface area contributed by atoms with Gasteiger partial charge in [0.05, 0.1) is 49.5 Å². The molecule has 8 rings (SSSR count). The summed E-state index contributed by atoms with van der Waals surface area (Å²) in [6.07, 6.45) is -30.2. The van der Waals surface area contributed by atoms with E-state index in [4.69, 9.17) is 37.9 Å². The Morgan fingerprint density at radius 2 is 1.22 bits per heavy atom. The lowest BCUT2D eigenvalue weighted by atomic mass is 9.32. The highest BCUT2D eigenvalue weighted by Crippen LogP contribution is 2.76. The first-order valence-corrected chi connectivity index (χ1v) is 27.5. The minimum Gasteiger partial charge on any atom is -0.479 e. The Kier molecular flexibility index (Phi) is 17.3. The van der Waals surface area contributed by atoms with E-state index in [1.807, 2.05) is 34.6 Å². The van der Waals surface area contributed by atoms with E-state index in [-0.39, 0.29) is 11.8 Å². The number of aliphatic hydroxyl groups excluding tert-OH is 12. The number of fused-ring (bicyclic) bond motifs is 7. The summed E-state index contributed by atoms with van der Waals surface area (Å²) < 4.78 is 48.6. The van der Waals surface area contributed by atoms with Gasteiger partial charge in [-0.2, -0.15) is 0 Å². The van der Waals surface area contributed by atoms with Crippen molar-refractivity contribution in [3.63, 3.8) is 0 Å². The summed E-state index contributed by atoms with van der Waals surface area (Å²) in [6.45, 7) is 16.2. The van der Waals surface area contributed by atoms with Crippen LogP contribution in [-0.4, -0.2) is 227 Å². The molecule has 0 spiro atoms. The lowest BCUT2D eigenvalue weighted by molar-refractivity contribution is -0.396. The fraction of sp³-hybridized carbons (Fsp3) is 0.907. The SMILES string of the molecule is CC(=O)O[C@H]1[C@H](OC(=O)C(C)C)C(C)(C)C[C@@H]2C3=CC[C@@H]4[C@@]5(C)CC[C@H](O[C@@H]6O[C@H](C(=O)O)[C@@H](O)[C@H](O[C@@H]7O[C@H](CO)[C@@H](O)[C@H](O)[C@H]7O)[C@H]6O[C@@H]6O[C@H](CO)[C@@H](O)[C@H](O)[C@H]6O)C(C)(C)[C@H]5CC[C@@]4(C)[C@]3(C)[C@@H](O)[C@@H](O)[C@]21CO. The maximum absolute atomic E-state index is 13.3. The van der Waals surface area contributed by atoms with Gasteiger partial charge in [-0.1, -0.05) is 74.0 Å². The van der Waals surface area contributed by atoms with Crippen LogP contribution in [0.1, 0.15) is 108 Å². The van der Waals surface area contributed by atoms with Crippen molar-refractivity contribution in [2.45, 2.75) is 230 Å². The smallest absolute Gasteiger partial charge is 0.335 e. The van der Waals surface area contributed by atoms with Gasteiger partial charge >= 0.3 is 17.9 Å². The quantitative estimate of drug-likeness (QED) is 0.0559. The molecule has 7 fully saturated rings. The number of carbonyl (C=O) groups is 3. The summed E-state index contributed by atoms with van der Waals surface area (Å²) in [5, 5.41) is 144. The third-order valence-electron chi connectivity index (χ3n) is 20.7. The minimum absolute atomic E-state index is 0.155. The Hall–Kier alpha value is -2.57. The molecule has 78 heavy (non-hydrogen) atoms. The summed E-state index contributed by atoms with van der Waals surface area (Å²) in [6, 6.07) is 0. The second-order valence-corrected chi connectivity index (χ2v) is 25.9. The Morgan fingerprint density at radius 1 is 0.654 bits per heavy atom. The second-order valence-electron chi connectivity index (χ2n) is 25.9. The molecule has 0 amide bonds. The molecule has 24 heteroatoms. The monoisotopic (exact) mass is 1120 g/mol. The molecular weight excluding hydrogens is 1030 g/mol.